The van der Waals surface area contributed by atoms with Crippen LogP contribution < -0.4 is 10.6 Å². The molecule has 2 amide bonds. The number of carbonyl (C=O) groups excluding carboxylic acids is 2. The number of carbonyl (C=O) groups is 2. The van der Waals surface area contributed by atoms with Gasteiger partial charge in [0, 0.05) is 23.2 Å². The summed E-state index contributed by atoms with van der Waals surface area (Å²) in [7, 11) is 0. The van der Waals surface area contributed by atoms with Crippen LogP contribution in [0.3, 0.4) is 0 Å². The van der Waals surface area contributed by atoms with Crippen LogP contribution in [0.15, 0.2) is 54.6 Å². The van der Waals surface area contributed by atoms with Crippen molar-refractivity contribution in [3.05, 3.63) is 83.1 Å². The minimum absolute atomic E-state index is 0.183. The van der Waals surface area contributed by atoms with Crippen molar-refractivity contribution in [3.8, 4) is 0 Å². The van der Waals surface area contributed by atoms with Crippen molar-refractivity contribution >= 4 is 17.6 Å². The van der Waals surface area contributed by atoms with Gasteiger partial charge in [0.2, 0.25) is 11.8 Å². The molecule has 3 rings (SSSR count). The van der Waals surface area contributed by atoms with E-state index in [0.717, 1.165) is 29.5 Å². The molecule has 0 fully saturated rings. The van der Waals surface area contributed by atoms with Crippen LogP contribution in [0.4, 0.5) is 14.6 Å². The number of halogens is 2. The van der Waals surface area contributed by atoms with Crippen molar-refractivity contribution < 1.29 is 18.4 Å². The van der Waals surface area contributed by atoms with Crippen LogP contribution in [0.25, 0.3) is 0 Å². The van der Waals surface area contributed by atoms with E-state index in [2.05, 4.69) is 20.8 Å². The molecule has 1 heterocycles. The second-order valence-electron chi connectivity index (χ2n) is 7.89. The lowest BCUT2D eigenvalue weighted by molar-refractivity contribution is -0.125. The summed E-state index contributed by atoms with van der Waals surface area (Å²) in [6, 6.07) is 13.6. The molecule has 31 heavy (non-hydrogen) atoms. The average molecular weight is 426 g/mol. The summed E-state index contributed by atoms with van der Waals surface area (Å²) in [5.74, 6) is -2.19. The highest BCUT2D eigenvalue weighted by atomic mass is 19.1. The Labute approximate surface area is 179 Å². The minimum Gasteiger partial charge on any atom is -0.344 e. The average Bonchev–Trinajstić information content (AvgIpc) is 3.17. The Hall–Kier alpha value is -3.55. The largest absolute Gasteiger partial charge is 0.344 e. The van der Waals surface area contributed by atoms with Crippen molar-refractivity contribution in [3.63, 3.8) is 0 Å². The summed E-state index contributed by atoms with van der Waals surface area (Å²) in [6.45, 7) is 5.60. The third-order valence-electron chi connectivity index (χ3n) is 5.06. The van der Waals surface area contributed by atoms with Crippen molar-refractivity contribution in [2.24, 2.45) is 0 Å². The predicted molar refractivity (Wildman–Crippen MR) is 113 cm³/mol. The maximum Gasteiger partial charge on any atom is 0.247 e. The molecular formula is C23H24F2N4O2. The normalized spacial score (nSPS) is 12.3. The van der Waals surface area contributed by atoms with E-state index >= 15 is 0 Å². The van der Waals surface area contributed by atoms with Gasteiger partial charge in [-0.25, -0.2) is 8.78 Å². The van der Waals surface area contributed by atoms with Crippen molar-refractivity contribution in [2.75, 3.05) is 5.32 Å². The second-order valence-corrected chi connectivity index (χ2v) is 7.89. The Morgan fingerprint density at radius 2 is 1.71 bits per heavy atom. The molecular weight excluding hydrogens is 402 g/mol. The molecule has 0 aliphatic carbocycles. The molecule has 0 radical (unpaired) electrons. The lowest BCUT2D eigenvalue weighted by atomic mass is 9.82. The number of aromatic amines is 1. The maximum atomic E-state index is 13.3. The molecule has 1 atom stereocenters. The highest BCUT2D eigenvalue weighted by Gasteiger charge is 2.26. The Bertz CT molecular complexity index is 1060. The Morgan fingerprint density at radius 1 is 1.06 bits per heavy atom. The van der Waals surface area contributed by atoms with E-state index in [0.29, 0.717) is 5.82 Å². The van der Waals surface area contributed by atoms with Crippen LogP contribution in [0, 0.1) is 11.6 Å². The van der Waals surface area contributed by atoms with E-state index in [1.807, 2.05) is 44.2 Å². The first kappa shape index (κ1) is 22.1. The molecule has 6 nitrogen and oxygen atoms in total. The molecule has 0 bridgehead atoms. The number of nitrogens with one attached hydrogen (secondary N) is 3. The first-order valence-corrected chi connectivity index (χ1v) is 9.82. The zero-order chi connectivity index (χ0) is 22.6. The topological polar surface area (TPSA) is 86.9 Å². The van der Waals surface area contributed by atoms with Crippen molar-refractivity contribution in [1.29, 1.82) is 0 Å². The minimum atomic E-state index is -0.867. The lowest BCUT2D eigenvalue weighted by Gasteiger charge is -2.23. The molecule has 0 aliphatic rings. The zero-order valence-electron chi connectivity index (χ0n) is 17.5. The summed E-state index contributed by atoms with van der Waals surface area (Å²) >= 11 is 0. The molecule has 0 spiro atoms. The number of hydrogen-bond acceptors (Lipinski definition) is 3. The van der Waals surface area contributed by atoms with E-state index in [1.54, 1.807) is 6.07 Å². The summed E-state index contributed by atoms with van der Waals surface area (Å²) < 4.78 is 26.5. The summed E-state index contributed by atoms with van der Waals surface area (Å²) in [4.78, 5) is 24.6. The third-order valence-corrected chi connectivity index (χ3v) is 5.06. The molecule has 0 unspecified atom stereocenters. The van der Waals surface area contributed by atoms with Gasteiger partial charge in [0.05, 0.1) is 6.42 Å². The van der Waals surface area contributed by atoms with Gasteiger partial charge >= 0.3 is 0 Å². The Kier molecular flexibility index (Phi) is 6.48. The second kappa shape index (κ2) is 9.07. The quantitative estimate of drug-likeness (QED) is 0.538. The molecule has 0 saturated heterocycles. The van der Waals surface area contributed by atoms with E-state index in [1.165, 1.54) is 6.92 Å². The van der Waals surface area contributed by atoms with Crippen LogP contribution in [-0.4, -0.2) is 28.1 Å². The van der Waals surface area contributed by atoms with E-state index < -0.39 is 29.5 Å². The first-order chi connectivity index (χ1) is 14.6. The number of hydrogen-bond donors (Lipinski definition) is 3. The number of amides is 2. The molecule has 3 aromatic rings. The van der Waals surface area contributed by atoms with E-state index in [4.69, 9.17) is 0 Å². The number of benzene rings is 2. The molecule has 1 aromatic heterocycles. The van der Waals surface area contributed by atoms with Gasteiger partial charge in [-0.15, -0.1) is 0 Å². The van der Waals surface area contributed by atoms with Crippen molar-refractivity contribution in [2.45, 2.75) is 38.6 Å². The number of nitrogens with zero attached hydrogens (tertiary/aromatic N) is 1. The summed E-state index contributed by atoms with van der Waals surface area (Å²) in [6.07, 6.45) is -0.246. The molecule has 2 aromatic carbocycles. The highest BCUT2D eigenvalue weighted by molar-refractivity contribution is 5.96. The third kappa shape index (κ3) is 5.53. The molecule has 0 saturated carbocycles. The van der Waals surface area contributed by atoms with Crippen LogP contribution in [0.5, 0.6) is 0 Å². The van der Waals surface area contributed by atoms with Gasteiger partial charge in [0.25, 0.3) is 0 Å². The van der Waals surface area contributed by atoms with Crippen LogP contribution >= 0.6 is 0 Å². The van der Waals surface area contributed by atoms with Crippen LogP contribution in [0.2, 0.25) is 0 Å². The van der Waals surface area contributed by atoms with Crippen LogP contribution in [-0.2, 0) is 21.4 Å². The standard InChI is InChI=1S/C23H24F2N4O2/c1-14(26-21(30)11-15-9-17(24)12-18(25)10-15)22(31)27-20-13-19(28-29-20)23(2,3)16-7-5-4-6-8-16/h4-10,12-14H,11H2,1-3H3,(H,26,30)(H2,27,28,29,31)/t14-/m0/s1. The van der Waals surface area contributed by atoms with Crippen molar-refractivity contribution in [1.82, 2.24) is 15.5 Å². The van der Waals surface area contributed by atoms with Gasteiger partial charge in [-0.3, -0.25) is 14.7 Å². The van der Waals surface area contributed by atoms with Gasteiger partial charge in [-0.1, -0.05) is 44.2 Å². The summed E-state index contributed by atoms with van der Waals surface area (Å²) in [5, 5.41) is 12.3. The summed E-state index contributed by atoms with van der Waals surface area (Å²) in [5.41, 5.74) is 1.74. The fourth-order valence-electron chi connectivity index (χ4n) is 3.21. The van der Waals surface area contributed by atoms with Gasteiger partial charge in [-0.2, -0.15) is 5.10 Å². The number of rotatable bonds is 7. The smallest absolute Gasteiger partial charge is 0.247 e. The highest BCUT2D eigenvalue weighted by Crippen LogP contribution is 2.30. The monoisotopic (exact) mass is 426 g/mol. The van der Waals surface area contributed by atoms with E-state index in [9.17, 15) is 18.4 Å². The SMILES string of the molecule is C[C@H](NC(=O)Cc1cc(F)cc(F)c1)C(=O)Nc1cc(C(C)(C)c2ccccc2)[nH]n1. The maximum absolute atomic E-state index is 13.3. The Morgan fingerprint density at radius 3 is 2.35 bits per heavy atom. The van der Waals surface area contributed by atoms with Gasteiger partial charge < -0.3 is 10.6 Å². The Balaban J connectivity index is 1.59. The van der Waals surface area contributed by atoms with Crippen LogP contribution in [0.1, 0.15) is 37.6 Å². The van der Waals surface area contributed by atoms with E-state index in [-0.39, 0.29) is 17.4 Å². The molecule has 0 aliphatic heterocycles. The zero-order valence-corrected chi connectivity index (χ0v) is 17.5. The molecule has 3 N–H and O–H groups in total. The number of aromatic nitrogens is 2. The fraction of sp³-hybridized carbons (Fsp3) is 0.261. The fourth-order valence-corrected chi connectivity index (χ4v) is 3.21. The number of H-pyrrole nitrogens is 1. The first-order valence-electron chi connectivity index (χ1n) is 9.82. The molecule has 162 valence electrons. The lowest BCUT2D eigenvalue weighted by Crippen LogP contribution is -2.42. The van der Waals surface area contributed by atoms with Gasteiger partial charge in [0.1, 0.15) is 17.7 Å². The predicted octanol–water partition coefficient (Wildman–Crippen LogP) is 3.70. The molecule has 8 heteroatoms. The van der Waals surface area contributed by atoms with Gasteiger partial charge in [-0.05, 0) is 30.2 Å². The number of anilines is 1. The van der Waals surface area contributed by atoms with Gasteiger partial charge in [0.15, 0.2) is 5.82 Å².